The Balaban J connectivity index is 1.72. The van der Waals surface area contributed by atoms with Crippen LogP contribution in [0.1, 0.15) is 36.9 Å². The molecule has 1 saturated heterocycles. The van der Waals surface area contributed by atoms with Crippen LogP contribution < -0.4 is 10.5 Å². The maximum atomic E-state index is 13.3. The number of para-hydroxylation sites is 1. The Morgan fingerprint density at radius 3 is 2.42 bits per heavy atom. The fraction of sp³-hybridized carbons (Fsp3) is 0.375. The maximum Gasteiger partial charge on any atom is 0.289 e. The zero-order chi connectivity index (χ0) is 22.2. The van der Waals surface area contributed by atoms with Gasteiger partial charge in [0.05, 0.1) is 17.5 Å². The number of amides is 1. The molecule has 1 aliphatic heterocycles. The van der Waals surface area contributed by atoms with E-state index in [-0.39, 0.29) is 22.4 Å². The molecule has 31 heavy (non-hydrogen) atoms. The van der Waals surface area contributed by atoms with Crippen LogP contribution in [0.3, 0.4) is 0 Å². The summed E-state index contributed by atoms with van der Waals surface area (Å²) in [6.07, 6.45) is 1.49. The summed E-state index contributed by atoms with van der Waals surface area (Å²) >= 11 is 0. The SMILES string of the molecule is CC(C)(C)Cn1c(=O)c(C#N)c(N2CCN(C(=O)c3ccco3)CC2)c2ccccc21. The number of furan rings is 1. The van der Waals surface area contributed by atoms with Gasteiger partial charge in [-0.05, 0) is 23.6 Å². The molecular formula is C24H26N4O3. The van der Waals surface area contributed by atoms with Crippen molar-refractivity contribution >= 4 is 22.5 Å². The molecule has 0 atom stereocenters. The summed E-state index contributed by atoms with van der Waals surface area (Å²) in [4.78, 5) is 29.7. The van der Waals surface area contributed by atoms with Gasteiger partial charge in [0.25, 0.3) is 11.5 Å². The van der Waals surface area contributed by atoms with Crippen LogP contribution in [-0.4, -0.2) is 41.6 Å². The Morgan fingerprint density at radius 1 is 1.10 bits per heavy atom. The standard InChI is InChI=1S/C24H26N4O3/c1-24(2,3)16-28-19-8-5-4-7-17(19)21(18(15-25)22(28)29)26-10-12-27(13-11-26)23(30)20-9-6-14-31-20/h4-9,14H,10-13,16H2,1-3H3. The van der Waals surface area contributed by atoms with E-state index in [1.165, 1.54) is 6.26 Å². The number of aromatic nitrogens is 1. The highest BCUT2D eigenvalue weighted by atomic mass is 16.3. The Labute approximate surface area is 181 Å². The number of hydrogen-bond acceptors (Lipinski definition) is 5. The smallest absolute Gasteiger partial charge is 0.289 e. The van der Waals surface area contributed by atoms with E-state index in [4.69, 9.17) is 4.42 Å². The molecule has 7 heteroatoms. The topological polar surface area (TPSA) is 82.5 Å². The lowest BCUT2D eigenvalue weighted by Gasteiger charge is -2.37. The molecule has 160 valence electrons. The molecular weight excluding hydrogens is 392 g/mol. The molecule has 0 N–H and O–H groups in total. The predicted octanol–water partition coefficient (Wildman–Crippen LogP) is 3.47. The number of benzene rings is 1. The first kappa shape index (κ1) is 20.7. The number of carbonyl (C=O) groups is 1. The van der Waals surface area contributed by atoms with E-state index in [1.807, 2.05) is 24.3 Å². The average molecular weight is 418 g/mol. The van der Waals surface area contributed by atoms with Crippen LogP contribution in [0.5, 0.6) is 0 Å². The number of piperazine rings is 1. The third-order valence-corrected chi connectivity index (χ3v) is 5.51. The monoisotopic (exact) mass is 418 g/mol. The van der Waals surface area contributed by atoms with Gasteiger partial charge in [0, 0.05) is 38.1 Å². The fourth-order valence-corrected chi connectivity index (χ4v) is 4.14. The second-order valence-corrected chi connectivity index (χ2v) is 9.06. The van der Waals surface area contributed by atoms with Crippen molar-refractivity contribution in [1.29, 1.82) is 5.26 Å². The number of pyridine rings is 1. The van der Waals surface area contributed by atoms with Crippen LogP contribution in [-0.2, 0) is 6.54 Å². The van der Waals surface area contributed by atoms with E-state index < -0.39 is 0 Å². The number of fused-ring (bicyclic) bond motifs is 1. The minimum atomic E-state index is -0.264. The predicted molar refractivity (Wildman–Crippen MR) is 119 cm³/mol. The first-order valence-electron chi connectivity index (χ1n) is 10.4. The molecule has 1 aliphatic rings. The van der Waals surface area contributed by atoms with Gasteiger partial charge in [0.2, 0.25) is 0 Å². The fourth-order valence-electron chi connectivity index (χ4n) is 4.14. The Morgan fingerprint density at radius 2 is 1.81 bits per heavy atom. The Hall–Kier alpha value is -3.53. The molecule has 0 radical (unpaired) electrons. The molecule has 1 fully saturated rings. The van der Waals surface area contributed by atoms with Crippen molar-refractivity contribution in [2.75, 3.05) is 31.1 Å². The van der Waals surface area contributed by atoms with E-state index >= 15 is 0 Å². The summed E-state index contributed by atoms with van der Waals surface area (Å²) in [5, 5.41) is 10.8. The van der Waals surface area contributed by atoms with Crippen LogP contribution in [0.25, 0.3) is 10.9 Å². The third kappa shape index (κ3) is 3.93. The lowest BCUT2D eigenvalue weighted by Crippen LogP contribution is -2.49. The molecule has 0 unspecified atom stereocenters. The van der Waals surface area contributed by atoms with Gasteiger partial charge >= 0.3 is 0 Å². The van der Waals surface area contributed by atoms with Gasteiger partial charge < -0.3 is 18.8 Å². The third-order valence-electron chi connectivity index (χ3n) is 5.51. The van der Waals surface area contributed by atoms with Gasteiger partial charge in [-0.1, -0.05) is 39.0 Å². The number of carbonyl (C=O) groups excluding carboxylic acids is 1. The van der Waals surface area contributed by atoms with Crippen LogP contribution >= 0.6 is 0 Å². The Kier molecular flexibility index (Phi) is 5.32. The second kappa shape index (κ2) is 7.95. The zero-order valence-corrected chi connectivity index (χ0v) is 18.1. The number of rotatable bonds is 3. The summed E-state index contributed by atoms with van der Waals surface area (Å²) in [5.41, 5.74) is 1.27. The molecule has 2 aromatic heterocycles. The average Bonchev–Trinajstić information content (AvgIpc) is 3.29. The summed E-state index contributed by atoms with van der Waals surface area (Å²) < 4.78 is 6.95. The summed E-state index contributed by atoms with van der Waals surface area (Å²) in [7, 11) is 0. The van der Waals surface area contributed by atoms with Crippen molar-refractivity contribution in [3.05, 3.63) is 64.3 Å². The molecule has 0 spiro atoms. The molecule has 3 heterocycles. The molecule has 7 nitrogen and oxygen atoms in total. The van der Waals surface area contributed by atoms with Gasteiger partial charge in [-0.3, -0.25) is 9.59 Å². The van der Waals surface area contributed by atoms with E-state index in [9.17, 15) is 14.9 Å². The number of nitriles is 1. The van der Waals surface area contributed by atoms with E-state index in [0.29, 0.717) is 44.2 Å². The van der Waals surface area contributed by atoms with Crippen LogP contribution in [0, 0.1) is 16.7 Å². The van der Waals surface area contributed by atoms with Crippen molar-refractivity contribution < 1.29 is 9.21 Å². The van der Waals surface area contributed by atoms with Crippen molar-refractivity contribution in [2.45, 2.75) is 27.3 Å². The first-order valence-corrected chi connectivity index (χ1v) is 10.4. The molecule has 0 bridgehead atoms. The minimum Gasteiger partial charge on any atom is -0.459 e. The number of anilines is 1. The van der Waals surface area contributed by atoms with Gasteiger partial charge in [0.1, 0.15) is 11.6 Å². The van der Waals surface area contributed by atoms with Crippen molar-refractivity contribution in [2.24, 2.45) is 5.41 Å². The van der Waals surface area contributed by atoms with Crippen LogP contribution in [0.2, 0.25) is 0 Å². The quantitative estimate of drug-likeness (QED) is 0.650. The largest absolute Gasteiger partial charge is 0.459 e. The zero-order valence-electron chi connectivity index (χ0n) is 18.1. The van der Waals surface area contributed by atoms with Crippen molar-refractivity contribution in [3.63, 3.8) is 0 Å². The Bertz CT molecular complexity index is 1200. The molecule has 3 aromatic rings. The van der Waals surface area contributed by atoms with Gasteiger partial charge in [0.15, 0.2) is 5.76 Å². The second-order valence-electron chi connectivity index (χ2n) is 9.06. The summed E-state index contributed by atoms with van der Waals surface area (Å²) in [6, 6.07) is 13.3. The minimum absolute atomic E-state index is 0.112. The van der Waals surface area contributed by atoms with E-state index in [2.05, 4.69) is 31.7 Å². The summed E-state index contributed by atoms with van der Waals surface area (Å²) in [5.74, 6) is 0.178. The van der Waals surface area contributed by atoms with E-state index in [1.54, 1.807) is 21.6 Å². The van der Waals surface area contributed by atoms with Gasteiger partial charge in [-0.2, -0.15) is 5.26 Å². The molecule has 1 amide bonds. The van der Waals surface area contributed by atoms with Crippen molar-refractivity contribution in [1.82, 2.24) is 9.47 Å². The normalized spacial score (nSPS) is 14.6. The highest BCUT2D eigenvalue weighted by molar-refractivity contribution is 5.95. The number of hydrogen-bond donors (Lipinski definition) is 0. The van der Waals surface area contributed by atoms with Gasteiger partial charge in [-0.15, -0.1) is 0 Å². The van der Waals surface area contributed by atoms with Crippen LogP contribution in [0.15, 0.2) is 51.9 Å². The molecule has 4 rings (SSSR count). The lowest BCUT2D eigenvalue weighted by atomic mass is 9.96. The molecule has 0 saturated carbocycles. The summed E-state index contributed by atoms with van der Waals surface area (Å²) in [6.45, 7) is 8.79. The van der Waals surface area contributed by atoms with Gasteiger partial charge in [-0.25, -0.2) is 0 Å². The lowest BCUT2D eigenvalue weighted by molar-refractivity contribution is 0.0715. The first-order chi connectivity index (χ1) is 14.8. The molecule has 1 aromatic carbocycles. The highest BCUT2D eigenvalue weighted by Crippen LogP contribution is 2.31. The number of nitrogens with zero attached hydrogens (tertiary/aromatic N) is 4. The van der Waals surface area contributed by atoms with Crippen LogP contribution in [0.4, 0.5) is 5.69 Å². The molecule has 0 aliphatic carbocycles. The van der Waals surface area contributed by atoms with E-state index in [0.717, 1.165) is 10.9 Å². The highest BCUT2D eigenvalue weighted by Gasteiger charge is 2.28. The maximum absolute atomic E-state index is 13.3. The van der Waals surface area contributed by atoms with Crippen molar-refractivity contribution in [3.8, 4) is 6.07 Å².